The first-order chi connectivity index (χ1) is 9.04. The Hall–Kier alpha value is -1.02. The van der Waals surface area contributed by atoms with Crippen molar-refractivity contribution in [3.8, 4) is 0 Å². The van der Waals surface area contributed by atoms with E-state index in [-0.39, 0.29) is 5.91 Å². The molecule has 0 bridgehead atoms. The molecule has 1 aromatic heterocycles. The molecule has 0 saturated heterocycles. The zero-order valence-corrected chi connectivity index (χ0v) is 12.7. The van der Waals surface area contributed by atoms with E-state index in [1.807, 2.05) is 0 Å². The monoisotopic (exact) mass is 393 g/mol. The summed E-state index contributed by atoms with van der Waals surface area (Å²) in [5.41, 5.74) is 1.14. The first kappa shape index (κ1) is 14.4. The number of carbonyl (C=O) groups excluding carboxylic acids is 1. The number of benzene rings is 1. The van der Waals surface area contributed by atoms with E-state index < -0.39 is 11.6 Å². The molecular formula is C13H10F2INOS. The highest BCUT2D eigenvalue weighted by atomic mass is 127. The number of nitrogens with one attached hydrogen (secondary N) is 1. The molecule has 1 N–H and O–H groups in total. The van der Waals surface area contributed by atoms with E-state index in [4.69, 9.17) is 0 Å². The second-order valence-corrected chi connectivity index (χ2v) is 6.73. The molecule has 19 heavy (non-hydrogen) atoms. The highest BCUT2D eigenvalue weighted by Gasteiger charge is 2.07. The van der Waals surface area contributed by atoms with E-state index in [1.165, 1.54) is 23.5 Å². The fourth-order valence-electron chi connectivity index (χ4n) is 1.61. The van der Waals surface area contributed by atoms with Crippen LogP contribution >= 0.6 is 33.9 Å². The van der Waals surface area contributed by atoms with Crippen LogP contribution in [0.1, 0.15) is 15.9 Å². The Morgan fingerprint density at radius 3 is 2.47 bits per heavy atom. The number of hydrogen-bond acceptors (Lipinski definition) is 2. The maximum Gasteiger partial charge on any atom is 0.252 e. The van der Waals surface area contributed by atoms with Gasteiger partial charge in [-0.05, 0) is 52.8 Å². The lowest BCUT2D eigenvalue weighted by molar-refractivity contribution is 0.0954. The molecule has 0 unspecified atom stereocenters. The van der Waals surface area contributed by atoms with Gasteiger partial charge in [-0.15, -0.1) is 11.3 Å². The Morgan fingerprint density at radius 1 is 1.21 bits per heavy atom. The van der Waals surface area contributed by atoms with Crippen molar-refractivity contribution in [3.63, 3.8) is 0 Å². The largest absolute Gasteiger partial charge is 0.352 e. The summed E-state index contributed by atoms with van der Waals surface area (Å²) in [6.45, 7) is 0.341. The minimum Gasteiger partial charge on any atom is -0.352 e. The third-order valence-electron chi connectivity index (χ3n) is 2.45. The van der Waals surface area contributed by atoms with Crippen LogP contribution in [0.2, 0.25) is 0 Å². The van der Waals surface area contributed by atoms with Crippen molar-refractivity contribution in [2.24, 2.45) is 0 Å². The molecule has 0 aliphatic heterocycles. The van der Waals surface area contributed by atoms with E-state index in [0.717, 1.165) is 8.95 Å². The minimum atomic E-state index is -0.603. The minimum absolute atomic E-state index is 0.170. The molecule has 0 atom stereocenters. The van der Waals surface area contributed by atoms with Gasteiger partial charge in [0, 0.05) is 18.0 Å². The zero-order chi connectivity index (χ0) is 13.8. The number of thiophene rings is 1. The molecule has 1 aromatic carbocycles. The van der Waals surface area contributed by atoms with Gasteiger partial charge in [-0.1, -0.05) is 0 Å². The number of halogens is 3. The second-order valence-electron chi connectivity index (χ2n) is 3.92. The SMILES string of the molecule is O=C(NCCc1cc(F)cc(F)c1)c1csc(I)c1. The van der Waals surface area contributed by atoms with Crippen molar-refractivity contribution in [3.05, 3.63) is 55.3 Å². The summed E-state index contributed by atoms with van der Waals surface area (Å²) in [7, 11) is 0. The van der Waals surface area contributed by atoms with Gasteiger partial charge < -0.3 is 5.32 Å². The molecule has 0 radical (unpaired) electrons. The Balaban J connectivity index is 1.88. The molecule has 0 aliphatic carbocycles. The molecule has 2 aromatic rings. The van der Waals surface area contributed by atoms with Crippen LogP contribution in [0.25, 0.3) is 0 Å². The molecule has 0 spiro atoms. The van der Waals surface area contributed by atoms with Gasteiger partial charge in [0.1, 0.15) is 11.6 Å². The van der Waals surface area contributed by atoms with Crippen LogP contribution in [0.3, 0.4) is 0 Å². The average Bonchev–Trinajstić information content (AvgIpc) is 2.74. The molecule has 6 heteroatoms. The lowest BCUT2D eigenvalue weighted by Gasteiger charge is -2.04. The van der Waals surface area contributed by atoms with Gasteiger partial charge >= 0.3 is 0 Å². The van der Waals surface area contributed by atoms with Crippen molar-refractivity contribution in [1.82, 2.24) is 5.32 Å². The molecule has 1 amide bonds. The third-order valence-corrected chi connectivity index (χ3v) is 4.24. The summed E-state index contributed by atoms with van der Waals surface area (Å²) in [5, 5.41) is 4.50. The Morgan fingerprint density at radius 2 is 1.89 bits per heavy atom. The maximum absolute atomic E-state index is 13.0. The highest BCUT2D eigenvalue weighted by Crippen LogP contribution is 2.16. The van der Waals surface area contributed by atoms with Gasteiger partial charge in [0.15, 0.2) is 0 Å². The standard InChI is InChI=1S/C13H10F2INOS/c14-10-3-8(4-11(15)6-10)1-2-17-13(18)9-5-12(16)19-7-9/h3-7H,1-2H2,(H,17,18). The Bertz CT molecular complexity index is 580. The van der Waals surface area contributed by atoms with Gasteiger partial charge in [0.25, 0.3) is 5.91 Å². The second kappa shape index (κ2) is 6.42. The summed E-state index contributed by atoms with van der Waals surface area (Å²) < 4.78 is 26.9. The Labute approximate surface area is 127 Å². The van der Waals surface area contributed by atoms with Crippen LogP contribution in [0.15, 0.2) is 29.6 Å². The van der Waals surface area contributed by atoms with Crippen LogP contribution in [0, 0.1) is 14.5 Å². The first-order valence-electron chi connectivity index (χ1n) is 5.52. The lowest BCUT2D eigenvalue weighted by atomic mass is 10.1. The topological polar surface area (TPSA) is 29.1 Å². The van der Waals surface area contributed by atoms with E-state index in [2.05, 4.69) is 27.9 Å². The van der Waals surface area contributed by atoms with E-state index in [0.29, 0.717) is 24.1 Å². The summed E-state index contributed by atoms with van der Waals surface area (Å²) in [6, 6.07) is 5.16. The molecule has 0 aliphatic rings. The fraction of sp³-hybridized carbons (Fsp3) is 0.154. The molecule has 0 fully saturated rings. The van der Waals surface area contributed by atoms with E-state index >= 15 is 0 Å². The fourth-order valence-corrected chi connectivity index (χ4v) is 2.93. The van der Waals surface area contributed by atoms with Crippen molar-refractivity contribution in [2.45, 2.75) is 6.42 Å². The van der Waals surface area contributed by atoms with Crippen LogP contribution in [0.5, 0.6) is 0 Å². The van der Waals surface area contributed by atoms with Gasteiger partial charge in [0.05, 0.1) is 8.45 Å². The van der Waals surface area contributed by atoms with E-state index in [9.17, 15) is 13.6 Å². The van der Waals surface area contributed by atoms with Crippen LogP contribution in [0.4, 0.5) is 8.78 Å². The predicted octanol–water partition coefficient (Wildman–Crippen LogP) is 3.60. The van der Waals surface area contributed by atoms with Gasteiger partial charge in [-0.3, -0.25) is 4.79 Å². The van der Waals surface area contributed by atoms with Crippen LogP contribution in [-0.4, -0.2) is 12.5 Å². The molecule has 2 rings (SSSR count). The summed E-state index contributed by atoms with van der Waals surface area (Å²) in [5.74, 6) is -1.38. The highest BCUT2D eigenvalue weighted by molar-refractivity contribution is 14.1. The summed E-state index contributed by atoms with van der Waals surface area (Å²) in [6.07, 6.45) is 0.391. The van der Waals surface area contributed by atoms with Crippen LogP contribution in [-0.2, 0) is 6.42 Å². The first-order valence-corrected chi connectivity index (χ1v) is 7.47. The number of hydrogen-bond donors (Lipinski definition) is 1. The van der Waals surface area contributed by atoms with Crippen molar-refractivity contribution < 1.29 is 13.6 Å². The molecule has 1 heterocycles. The third kappa shape index (κ3) is 4.24. The number of amides is 1. The van der Waals surface area contributed by atoms with Crippen molar-refractivity contribution >= 4 is 39.8 Å². The van der Waals surface area contributed by atoms with Gasteiger partial charge in [-0.2, -0.15) is 0 Å². The lowest BCUT2D eigenvalue weighted by Crippen LogP contribution is -2.25. The van der Waals surface area contributed by atoms with Gasteiger partial charge in [0.2, 0.25) is 0 Å². The van der Waals surface area contributed by atoms with Crippen molar-refractivity contribution in [1.29, 1.82) is 0 Å². The number of rotatable bonds is 4. The summed E-state index contributed by atoms with van der Waals surface area (Å²) in [4.78, 5) is 11.7. The number of carbonyl (C=O) groups is 1. The maximum atomic E-state index is 13.0. The molecule has 100 valence electrons. The quantitative estimate of drug-likeness (QED) is 0.791. The molecular weight excluding hydrogens is 383 g/mol. The molecule has 0 saturated carbocycles. The Kier molecular flexibility index (Phi) is 4.87. The van der Waals surface area contributed by atoms with Gasteiger partial charge in [-0.25, -0.2) is 8.78 Å². The van der Waals surface area contributed by atoms with E-state index in [1.54, 1.807) is 11.4 Å². The predicted molar refractivity (Wildman–Crippen MR) is 79.4 cm³/mol. The molecule has 2 nitrogen and oxygen atoms in total. The average molecular weight is 393 g/mol. The smallest absolute Gasteiger partial charge is 0.252 e. The van der Waals surface area contributed by atoms with Crippen LogP contribution < -0.4 is 5.32 Å². The van der Waals surface area contributed by atoms with Crippen molar-refractivity contribution in [2.75, 3.05) is 6.54 Å². The normalized spacial score (nSPS) is 10.5. The zero-order valence-electron chi connectivity index (χ0n) is 9.75. The summed E-state index contributed by atoms with van der Waals surface area (Å²) >= 11 is 3.64.